The van der Waals surface area contributed by atoms with Gasteiger partial charge in [0.1, 0.15) is 0 Å². The molecule has 0 aliphatic carbocycles. The smallest absolute Gasteiger partial charge is 0.336 e. The van der Waals surface area contributed by atoms with Crippen LogP contribution in [-0.4, -0.2) is 45.3 Å². The number of hydrogen-bond acceptors (Lipinski definition) is 5. The lowest BCUT2D eigenvalue weighted by Gasteiger charge is -2.26. The van der Waals surface area contributed by atoms with E-state index in [0.29, 0.717) is 0 Å². The van der Waals surface area contributed by atoms with Gasteiger partial charge in [-0.1, -0.05) is 0 Å². The monoisotopic (exact) mass is 220 g/mol. The molecular formula is C7H12N2O6. The van der Waals surface area contributed by atoms with Gasteiger partial charge in [0.2, 0.25) is 5.54 Å². The van der Waals surface area contributed by atoms with Crippen molar-refractivity contribution in [3.63, 3.8) is 0 Å². The highest BCUT2D eigenvalue weighted by atomic mass is 16.4. The first-order chi connectivity index (χ1) is 6.78. The van der Waals surface area contributed by atoms with Gasteiger partial charge < -0.3 is 26.8 Å². The van der Waals surface area contributed by atoms with Crippen molar-refractivity contribution in [3.8, 4) is 0 Å². The average molecular weight is 220 g/mol. The van der Waals surface area contributed by atoms with Crippen LogP contribution in [0, 0.1) is 5.92 Å². The van der Waals surface area contributed by atoms with Crippen LogP contribution in [-0.2, 0) is 14.4 Å². The van der Waals surface area contributed by atoms with E-state index in [2.05, 4.69) is 0 Å². The maximum atomic E-state index is 10.7. The summed E-state index contributed by atoms with van der Waals surface area (Å²) in [5, 5.41) is 26.0. The first-order valence-corrected chi connectivity index (χ1v) is 3.97. The van der Waals surface area contributed by atoms with Gasteiger partial charge in [0.15, 0.2) is 0 Å². The summed E-state index contributed by atoms with van der Waals surface area (Å²) in [4.78, 5) is 32.0. The van der Waals surface area contributed by atoms with Gasteiger partial charge in [-0.25, -0.2) is 9.59 Å². The Morgan fingerprint density at radius 2 is 1.53 bits per heavy atom. The molecule has 8 heteroatoms. The number of aliphatic carboxylic acids is 3. The number of nitrogens with two attached hydrogens (primary N) is 2. The number of carbonyl (C=O) groups is 3. The van der Waals surface area contributed by atoms with Crippen molar-refractivity contribution in [3.05, 3.63) is 0 Å². The van der Waals surface area contributed by atoms with E-state index in [1.807, 2.05) is 0 Å². The topological polar surface area (TPSA) is 164 Å². The van der Waals surface area contributed by atoms with Crippen LogP contribution in [0.15, 0.2) is 0 Å². The van der Waals surface area contributed by atoms with Gasteiger partial charge in [0.05, 0.1) is 5.92 Å². The Balaban J connectivity index is 5.28. The first-order valence-electron chi connectivity index (χ1n) is 3.97. The van der Waals surface area contributed by atoms with Crippen molar-refractivity contribution in [2.75, 3.05) is 6.54 Å². The van der Waals surface area contributed by atoms with Crippen molar-refractivity contribution in [1.82, 2.24) is 0 Å². The van der Waals surface area contributed by atoms with E-state index in [9.17, 15) is 14.4 Å². The van der Waals surface area contributed by atoms with E-state index in [-0.39, 0.29) is 13.0 Å². The van der Waals surface area contributed by atoms with E-state index in [1.165, 1.54) is 0 Å². The molecule has 8 nitrogen and oxygen atoms in total. The van der Waals surface area contributed by atoms with E-state index >= 15 is 0 Å². The molecule has 1 unspecified atom stereocenters. The van der Waals surface area contributed by atoms with Gasteiger partial charge in [-0.05, 0) is 13.0 Å². The van der Waals surface area contributed by atoms with E-state index in [0.717, 1.165) is 0 Å². The van der Waals surface area contributed by atoms with Crippen LogP contribution >= 0.6 is 0 Å². The molecule has 0 spiro atoms. The number of carboxylic acid groups (broad SMARTS) is 3. The molecule has 0 aliphatic heterocycles. The maximum absolute atomic E-state index is 10.7. The normalized spacial score (nSPS) is 13.2. The second kappa shape index (κ2) is 4.71. The third kappa shape index (κ3) is 2.42. The summed E-state index contributed by atoms with van der Waals surface area (Å²) in [6.45, 7) is -0.170. The summed E-state index contributed by atoms with van der Waals surface area (Å²) >= 11 is 0. The Hall–Kier alpha value is -1.67. The Morgan fingerprint density at radius 3 is 1.73 bits per heavy atom. The Kier molecular flexibility index (Phi) is 4.19. The van der Waals surface area contributed by atoms with Gasteiger partial charge in [0.25, 0.3) is 0 Å². The van der Waals surface area contributed by atoms with E-state index in [1.54, 1.807) is 0 Å². The molecule has 0 fully saturated rings. The fourth-order valence-corrected chi connectivity index (χ4v) is 1.10. The molecule has 0 saturated carbocycles. The molecule has 0 radical (unpaired) electrons. The lowest BCUT2D eigenvalue weighted by molar-refractivity contribution is -0.167. The van der Waals surface area contributed by atoms with E-state index < -0.39 is 29.4 Å². The van der Waals surface area contributed by atoms with Crippen LogP contribution in [0.1, 0.15) is 6.42 Å². The predicted molar refractivity (Wildman–Crippen MR) is 47.0 cm³/mol. The molecule has 1 atom stereocenters. The number of carboxylic acids is 3. The zero-order valence-corrected chi connectivity index (χ0v) is 7.71. The zero-order valence-electron chi connectivity index (χ0n) is 7.71. The van der Waals surface area contributed by atoms with Crippen molar-refractivity contribution in [1.29, 1.82) is 0 Å². The molecule has 86 valence electrons. The second-order valence-corrected chi connectivity index (χ2v) is 2.95. The summed E-state index contributed by atoms with van der Waals surface area (Å²) < 4.78 is 0. The van der Waals surface area contributed by atoms with Crippen LogP contribution in [0.4, 0.5) is 0 Å². The summed E-state index contributed by atoms with van der Waals surface area (Å²) in [5.41, 5.74) is 7.28. The van der Waals surface area contributed by atoms with Gasteiger partial charge in [0, 0.05) is 0 Å². The first kappa shape index (κ1) is 13.3. The largest absolute Gasteiger partial charge is 0.481 e. The Labute approximate surface area is 84.5 Å². The number of hydrogen-bond donors (Lipinski definition) is 5. The fourth-order valence-electron chi connectivity index (χ4n) is 1.10. The van der Waals surface area contributed by atoms with Crippen molar-refractivity contribution < 1.29 is 29.7 Å². The third-order valence-corrected chi connectivity index (χ3v) is 2.01. The minimum atomic E-state index is -2.86. The molecule has 0 heterocycles. The molecular weight excluding hydrogens is 208 g/mol. The maximum Gasteiger partial charge on any atom is 0.336 e. The molecule has 0 amide bonds. The van der Waals surface area contributed by atoms with Crippen LogP contribution in [0.5, 0.6) is 0 Å². The lowest BCUT2D eigenvalue weighted by Crippen LogP contribution is -2.62. The summed E-state index contributed by atoms with van der Waals surface area (Å²) in [5.74, 6) is -7.18. The minimum absolute atomic E-state index is 0.170. The molecule has 7 N–H and O–H groups in total. The number of rotatable bonds is 6. The Bertz CT molecular complexity index is 275. The standard InChI is InChI=1S/C7H12N2O6/c8-2-1-3(4(10)11)7(9,5(12)13)6(14)15/h3H,1-2,8-9H2,(H,10,11)(H,12,13)(H,14,15). The van der Waals surface area contributed by atoms with Gasteiger partial charge >= 0.3 is 17.9 Å². The van der Waals surface area contributed by atoms with Crippen LogP contribution in [0.2, 0.25) is 0 Å². The summed E-state index contributed by atoms with van der Waals surface area (Å²) in [7, 11) is 0. The van der Waals surface area contributed by atoms with Crippen LogP contribution in [0.3, 0.4) is 0 Å². The lowest BCUT2D eigenvalue weighted by atomic mass is 9.82. The van der Waals surface area contributed by atoms with Gasteiger partial charge in [-0.15, -0.1) is 0 Å². The predicted octanol–water partition coefficient (Wildman–Crippen LogP) is -2.10. The average Bonchev–Trinajstić information content (AvgIpc) is 2.11. The molecule has 0 aromatic heterocycles. The van der Waals surface area contributed by atoms with Gasteiger partial charge in [-0.2, -0.15) is 0 Å². The summed E-state index contributed by atoms with van der Waals surface area (Å²) in [6.07, 6.45) is -0.329. The SMILES string of the molecule is NCCC(C(=O)O)C(N)(C(=O)O)C(=O)O. The van der Waals surface area contributed by atoms with Crippen molar-refractivity contribution >= 4 is 17.9 Å². The highest BCUT2D eigenvalue weighted by Gasteiger charge is 2.52. The molecule has 0 aliphatic rings. The van der Waals surface area contributed by atoms with Gasteiger partial charge in [-0.3, -0.25) is 4.79 Å². The highest BCUT2D eigenvalue weighted by molar-refractivity contribution is 6.06. The molecule has 0 aromatic carbocycles. The second-order valence-electron chi connectivity index (χ2n) is 2.95. The van der Waals surface area contributed by atoms with Crippen molar-refractivity contribution in [2.45, 2.75) is 12.0 Å². The van der Waals surface area contributed by atoms with Crippen LogP contribution < -0.4 is 11.5 Å². The molecule has 0 saturated heterocycles. The molecule has 0 bridgehead atoms. The fraction of sp³-hybridized carbons (Fsp3) is 0.571. The molecule has 0 rings (SSSR count). The third-order valence-electron chi connectivity index (χ3n) is 2.01. The molecule has 15 heavy (non-hydrogen) atoms. The zero-order chi connectivity index (χ0) is 12.2. The van der Waals surface area contributed by atoms with Crippen molar-refractivity contribution in [2.24, 2.45) is 17.4 Å². The minimum Gasteiger partial charge on any atom is -0.481 e. The quantitative estimate of drug-likeness (QED) is 0.317. The summed E-state index contributed by atoms with van der Waals surface area (Å²) in [6, 6.07) is 0. The Morgan fingerprint density at radius 1 is 1.13 bits per heavy atom. The van der Waals surface area contributed by atoms with Crippen LogP contribution in [0.25, 0.3) is 0 Å². The highest BCUT2D eigenvalue weighted by Crippen LogP contribution is 2.19. The molecule has 0 aromatic rings. The van der Waals surface area contributed by atoms with E-state index in [4.69, 9.17) is 26.8 Å².